The van der Waals surface area contributed by atoms with Crippen molar-refractivity contribution in [2.75, 3.05) is 19.0 Å². The molecule has 0 spiro atoms. The lowest BCUT2D eigenvalue weighted by Crippen LogP contribution is -2.40. The Morgan fingerprint density at radius 2 is 2.07 bits per heavy atom. The number of carbonyl (C=O) groups is 2. The second-order valence-electron chi connectivity index (χ2n) is 3.24. The molecule has 5 heteroatoms. The van der Waals surface area contributed by atoms with Crippen LogP contribution in [0.3, 0.4) is 0 Å². The average molecular weight is 234 g/mol. The molecule has 4 nitrogen and oxygen atoms in total. The molecule has 0 amide bonds. The van der Waals surface area contributed by atoms with Crippen molar-refractivity contribution in [1.82, 2.24) is 0 Å². The monoisotopic (exact) mass is 234 g/mol. The molecule has 0 aromatic rings. The van der Waals surface area contributed by atoms with Gasteiger partial charge in [-0.25, -0.2) is 0 Å². The fourth-order valence-corrected chi connectivity index (χ4v) is 1.98. The summed E-state index contributed by atoms with van der Waals surface area (Å²) in [5, 5.41) is 8.63. The predicted octanol–water partition coefficient (Wildman–Crippen LogP) is 1.01. The van der Waals surface area contributed by atoms with Crippen molar-refractivity contribution in [3.05, 3.63) is 0 Å². The highest BCUT2D eigenvalue weighted by molar-refractivity contribution is 8.02. The van der Waals surface area contributed by atoms with E-state index in [-0.39, 0.29) is 19.0 Å². The summed E-state index contributed by atoms with van der Waals surface area (Å²) in [6, 6.07) is 0. The van der Waals surface area contributed by atoms with Gasteiger partial charge in [0.2, 0.25) is 0 Å². The molecule has 15 heavy (non-hydrogen) atoms. The number of rotatable bonds is 7. The zero-order valence-electron chi connectivity index (χ0n) is 9.41. The molecule has 88 valence electrons. The summed E-state index contributed by atoms with van der Waals surface area (Å²) < 4.78 is 3.72. The van der Waals surface area contributed by atoms with E-state index in [4.69, 9.17) is 9.84 Å². The lowest BCUT2D eigenvalue weighted by molar-refractivity contribution is -0.148. The standard InChI is InChI=1S/C10H18O4S/c1-4-14-9(13)10(3,8(2)12)15-7-5-6-11/h11H,4-7H2,1-3H3/t10-/m0/s1. The Kier molecular flexibility index (Phi) is 6.60. The summed E-state index contributed by atoms with van der Waals surface area (Å²) in [7, 11) is 0. The molecule has 0 heterocycles. The third-order valence-corrected chi connectivity index (χ3v) is 3.55. The van der Waals surface area contributed by atoms with E-state index in [0.29, 0.717) is 12.2 Å². The van der Waals surface area contributed by atoms with Crippen LogP contribution in [0.5, 0.6) is 0 Å². The molecule has 0 bridgehead atoms. The number of ketones is 1. The summed E-state index contributed by atoms with van der Waals surface area (Å²) >= 11 is 1.22. The first-order valence-corrected chi connectivity index (χ1v) is 5.90. The van der Waals surface area contributed by atoms with E-state index in [2.05, 4.69) is 0 Å². The molecule has 0 rings (SSSR count). The number of hydrogen-bond acceptors (Lipinski definition) is 5. The Bertz CT molecular complexity index is 229. The first-order chi connectivity index (χ1) is 6.99. The van der Waals surface area contributed by atoms with Crippen molar-refractivity contribution in [3.63, 3.8) is 0 Å². The maximum atomic E-state index is 11.6. The van der Waals surface area contributed by atoms with E-state index in [1.165, 1.54) is 18.7 Å². The van der Waals surface area contributed by atoms with Crippen molar-refractivity contribution in [1.29, 1.82) is 0 Å². The van der Waals surface area contributed by atoms with Gasteiger partial charge in [0, 0.05) is 6.61 Å². The van der Waals surface area contributed by atoms with Crippen LogP contribution in [0.15, 0.2) is 0 Å². The number of carbonyl (C=O) groups excluding carboxylic acids is 2. The maximum Gasteiger partial charge on any atom is 0.329 e. The fourth-order valence-electron chi connectivity index (χ4n) is 0.914. The van der Waals surface area contributed by atoms with Crippen molar-refractivity contribution in [3.8, 4) is 0 Å². The molecule has 1 atom stereocenters. The number of hydrogen-bond donors (Lipinski definition) is 1. The van der Waals surface area contributed by atoms with Crippen LogP contribution in [0.4, 0.5) is 0 Å². The minimum absolute atomic E-state index is 0.0593. The van der Waals surface area contributed by atoms with Crippen LogP contribution in [-0.4, -0.2) is 40.6 Å². The Hall–Kier alpha value is -0.550. The van der Waals surface area contributed by atoms with Gasteiger partial charge in [-0.2, -0.15) is 0 Å². The Morgan fingerprint density at radius 1 is 1.47 bits per heavy atom. The highest BCUT2D eigenvalue weighted by Gasteiger charge is 2.40. The van der Waals surface area contributed by atoms with Gasteiger partial charge in [-0.05, 0) is 32.9 Å². The first kappa shape index (κ1) is 14.5. The second kappa shape index (κ2) is 6.85. The third kappa shape index (κ3) is 4.22. The summed E-state index contributed by atoms with van der Waals surface area (Å²) in [5.41, 5.74) is 0. The lowest BCUT2D eigenvalue weighted by atomic mass is 10.1. The molecule has 0 fully saturated rings. The van der Waals surface area contributed by atoms with Crippen molar-refractivity contribution >= 4 is 23.5 Å². The van der Waals surface area contributed by atoms with Gasteiger partial charge in [0.05, 0.1) is 6.61 Å². The summed E-state index contributed by atoms with van der Waals surface area (Å²) in [5.74, 6) is -0.157. The fraction of sp³-hybridized carbons (Fsp3) is 0.800. The van der Waals surface area contributed by atoms with Gasteiger partial charge in [-0.1, -0.05) is 0 Å². The summed E-state index contributed by atoms with van der Waals surface area (Å²) in [6.07, 6.45) is 0.562. The average Bonchev–Trinajstić information content (AvgIpc) is 2.18. The number of esters is 1. The Morgan fingerprint density at radius 3 is 2.47 bits per heavy atom. The third-order valence-electron chi connectivity index (χ3n) is 2.03. The predicted molar refractivity (Wildman–Crippen MR) is 59.9 cm³/mol. The van der Waals surface area contributed by atoms with Crippen molar-refractivity contribution in [2.45, 2.75) is 31.9 Å². The molecule has 0 saturated carbocycles. The van der Waals surface area contributed by atoms with E-state index < -0.39 is 10.7 Å². The van der Waals surface area contributed by atoms with Crippen LogP contribution < -0.4 is 0 Å². The Balaban J connectivity index is 4.44. The topological polar surface area (TPSA) is 63.6 Å². The van der Waals surface area contributed by atoms with E-state index in [1.807, 2.05) is 0 Å². The molecule has 0 radical (unpaired) electrons. The normalized spacial score (nSPS) is 14.4. The van der Waals surface area contributed by atoms with E-state index >= 15 is 0 Å². The van der Waals surface area contributed by atoms with Crippen molar-refractivity contribution in [2.24, 2.45) is 0 Å². The maximum absolute atomic E-state index is 11.6. The molecule has 0 unspecified atom stereocenters. The van der Waals surface area contributed by atoms with Crippen LogP contribution in [0.25, 0.3) is 0 Å². The zero-order valence-corrected chi connectivity index (χ0v) is 10.2. The number of ether oxygens (including phenoxy) is 1. The molecule has 0 aromatic heterocycles. The van der Waals surface area contributed by atoms with E-state index in [0.717, 1.165) is 0 Å². The van der Waals surface area contributed by atoms with Gasteiger partial charge in [0.25, 0.3) is 0 Å². The molecule has 1 N–H and O–H groups in total. The number of Topliss-reactive ketones (excluding diaryl/α,β-unsaturated/α-hetero) is 1. The molecule has 0 aromatic carbocycles. The van der Waals surface area contributed by atoms with Gasteiger partial charge in [-0.15, -0.1) is 11.8 Å². The SMILES string of the molecule is CCOC(=O)[C@@](C)(SCCCO)C(C)=O. The van der Waals surface area contributed by atoms with Crippen LogP contribution in [0.2, 0.25) is 0 Å². The largest absolute Gasteiger partial charge is 0.465 e. The summed E-state index contributed by atoms with van der Waals surface area (Å²) in [6.45, 7) is 4.97. The second-order valence-corrected chi connectivity index (χ2v) is 4.75. The minimum atomic E-state index is -1.13. The van der Waals surface area contributed by atoms with Gasteiger partial charge in [0.15, 0.2) is 10.5 Å². The molecular formula is C10H18O4S. The van der Waals surface area contributed by atoms with Gasteiger partial charge < -0.3 is 9.84 Å². The quantitative estimate of drug-likeness (QED) is 0.405. The molecule has 0 aliphatic rings. The van der Waals surface area contributed by atoms with Crippen molar-refractivity contribution < 1.29 is 19.4 Å². The van der Waals surface area contributed by atoms with E-state index in [9.17, 15) is 9.59 Å². The number of thioether (sulfide) groups is 1. The van der Waals surface area contributed by atoms with Crippen LogP contribution in [0.1, 0.15) is 27.2 Å². The van der Waals surface area contributed by atoms with E-state index in [1.54, 1.807) is 13.8 Å². The Labute approximate surface area is 94.4 Å². The van der Waals surface area contributed by atoms with Gasteiger partial charge >= 0.3 is 5.97 Å². The number of aliphatic hydroxyl groups excluding tert-OH is 1. The molecular weight excluding hydrogens is 216 g/mol. The van der Waals surface area contributed by atoms with Gasteiger partial charge in [0.1, 0.15) is 0 Å². The lowest BCUT2D eigenvalue weighted by Gasteiger charge is -2.23. The zero-order chi connectivity index (χ0) is 11.9. The summed E-state index contributed by atoms with van der Waals surface area (Å²) in [4.78, 5) is 23.0. The molecule has 0 saturated heterocycles. The molecule has 0 aliphatic heterocycles. The minimum Gasteiger partial charge on any atom is -0.465 e. The highest BCUT2D eigenvalue weighted by atomic mass is 32.2. The first-order valence-electron chi connectivity index (χ1n) is 4.92. The molecule has 0 aliphatic carbocycles. The smallest absolute Gasteiger partial charge is 0.329 e. The van der Waals surface area contributed by atoms with Gasteiger partial charge in [-0.3, -0.25) is 9.59 Å². The highest BCUT2D eigenvalue weighted by Crippen LogP contribution is 2.28. The van der Waals surface area contributed by atoms with Crippen LogP contribution >= 0.6 is 11.8 Å². The van der Waals surface area contributed by atoms with Crippen LogP contribution in [-0.2, 0) is 14.3 Å². The van der Waals surface area contributed by atoms with Crippen LogP contribution in [0, 0.1) is 0 Å². The number of aliphatic hydroxyl groups is 1.